The standard InChI is InChI=1S/C26H22ClFN6O/c1-16-12-23(32-33(16)14-18-4-3-5-20(27)13-18)30-24(35)15-34-26-25(17(2)31-34)22(10-11-29-26)19-6-8-21(28)9-7-19/h3-13H,14-15H2,1-2H3,(H,30,32,35). The van der Waals surface area contributed by atoms with Gasteiger partial charge in [0.1, 0.15) is 12.4 Å². The maximum Gasteiger partial charge on any atom is 0.247 e. The lowest BCUT2D eigenvalue weighted by molar-refractivity contribution is -0.116. The molecule has 5 aromatic rings. The Bertz CT molecular complexity index is 1540. The quantitative estimate of drug-likeness (QED) is 0.347. The maximum atomic E-state index is 13.4. The number of fused-ring (bicyclic) bond motifs is 1. The number of halogens is 2. The molecule has 7 nitrogen and oxygen atoms in total. The number of amides is 1. The van der Waals surface area contributed by atoms with E-state index in [9.17, 15) is 9.18 Å². The van der Waals surface area contributed by atoms with E-state index in [1.165, 1.54) is 12.1 Å². The van der Waals surface area contributed by atoms with E-state index in [0.29, 0.717) is 23.0 Å². The van der Waals surface area contributed by atoms with Crippen molar-refractivity contribution >= 4 is 34.4 Å². The maximum absolute atomic E-state index is 13.4. The number of carbonyl (C=O) groups is 1. The minimum absolute atomic E-state index is 0.0234. The van der Waals surface area contributed by atoms with Gasteiger partial charge < -0.3 is 5.32 Å². The molecule has 35 heavy (non-hydrogen) atoms. The van der Waals surface area contributed by atoms with Gasteiger partial charge in [0.05, 0.1) is 12.2 Å². The van der Waals surface area contributed by atoms with Gasteiger partial charge in [-0.1, -0.05) is 35.9 Å². The van der Waals surface area contributed by atoms with Crippen LogP contribution in [0.1, 0.15) is 17.0 Å². The zero-order valence-electron chi connectivity index (χ0n) is 19.2. The summed E-state index contributed by atoms with van der Waals surface area (Å²) in [7, 11) is 0. The number of aryl methyl sites for hydroxylation is 2. The summed E-state index contributed by atoms with van der Waals surface area (Å²) in [6.45, 7) is 4.32. The van der Waals surface area contributed by atoms with Gasteiger partial charge in [-0.25, -0.2) is 14.1 Å². The molecule has 3 heterocycles. The second-order valence-corrected chi connectivity index (χ2v) is 8.75. The third-order valence-corrected chi connectivity index (χ3v) is 5.96. The molecule has 0 bridgehead atoms. The highest BCUT2D eigenvalue weighted by molar-refractivity contribution is 6.30. The molecule has 0 aliphatic heterocycles. The minimum atomic E-state index is -0.298. The first-order valence-corrected chi connectivity index (χ1v) is 11.4. The highest BCUT2D eigenvalue weighted by atomic mass is 35.5. The average Bonchev–Trinajstić information content (AvgIpc) is 3.32. The predicted octanol–water partition coefficient (Wildman–Crippen LogP) is 5.39. The summed E-state index contributed by atoms with van der Waals surface area (Å²) in [5.41, 5.74) is 4.99. The van der Waals surface area contributed by atoms with Crippen LogP contribution >= 0.6 is 11.6 Å². The summed E-state index contributed by atoms with van der Waals surface area (Å²) in [6, 6.07) is 17.5. The SMILES string of the molecule is Cc1nn(CC(=O)Nc2cc(C)n(Cc3cccc(Cl)c3)n2)c2nccc(-c3ccc(F)cc3)c12. The van der Waals surface area contributed by atoms with E-state index in [-0.39, 0.29) is 18.3 Å². The van der Waals surface area contributed by atoms with E-state index < -0.39 is 0 Å². The molecule has 2 aromatic carbocycles. The molecule has 0 radical (unpaired) electrons. The summed E-state index contributed by atoms with van der Waals surface area (Å²) < 4.78 is 16.8. The largest absolute Gasteiger partial charge is 0.308 e. The van der Waals surface area contributed by atoms with Crippen LogP contribution in [0.15, 0.2) is 66.9 Å². The summed E-state index contributed by atoms with van der Waals surface area (Å²) in [4.78, 5) is 17.3. The highest BCUT2D eigenvalue weighted by Gasteiger charge is 2.17. The van der Waals surface area contributed by atoms with E-state index in [1.807, 2.05) is 54.9 Å². The van der Waals surface area contributed by atoms with Crippen LogP contribution in [0.2, 0.25) is 5.02 Å². The van der Waals surface area contributed by atoms with Gasteiger partial charge in [0.25, 0.3) is 0 Å². The normalized spacial score (nSPS) is 11.2. The molecule has 0 aliphatic carbocycles. The first-order valence-electron chi connectivity index (χ1n) is 11.0. The van der Waals surface area contributed by atoms with Crippen molar-refractivity contribution in [2.24, 2.45) is 0 Å². The van der Waals surface area contributed by atoms with Crippen molar-refractivity contribution in [2.45, 2.75) is 26.9 Å². The van der Waals surface area contributed by atoms with E-state index >= 15 is 0 Å². The van der Waals surface area contributed by atoms with Crippen molar-refractivity contribution in [1.29, 1.82) is 0 Å². The van der Waals surface area contributed by atoms with E-state index in [0.717, 1.165) is 33.5 Å². The first kappa shape index (κ1) is 22.7. The van der Waals surface area contributed by atoms with Crippen LogP contribution in [0.3, 0.4) is 0 Å². The molecule has 0 saturated heterocycles. The Morgan fingerprint density at radius 3 is 2.60 bits per heavy atom. The zero-order valence-corrected chi connectivity index (χ0v) is 19.9. The molecular formula is C26H22ClFN6O. The number of rotatable bonds is 6. The number of benzene rings is 2. The summed E-state index contributed by atoms with van der Waals surface area (Å²) in [6.07, 6.45) is 1.66. The van der Waals surface area contributed by atoms with Gasteiger partial charge in [0.15, 0.2) is 11.5 Å². The molecule has 0 saturated carbocycles. The summed E-state index contributed by atoms with van der Waals surface area (Å²) >= 11 is 6.08. The molecule has 0 fully saturated rings. The molecule has 0 unspecified atom stereocenters. The third kappa shape index (κ3) is 4.79. The van der Waals surface area contributed by atoms with Crippen molar-refractivity contribution in [2.75, 3.05) is 5.32 Å². The predicted molar refractivity (Wildman–Crippen MR) is 134 cm³/mol. The third-order valence-electron chi connectivity index (χ3n) is 5.73. The van der Waals surface area contributed by atoms with Crippen LogP contribution in [0, 0.1) is 19.7 Å². The Morgan fingerprint density at radius 2 is 1.83 bits per heavy atom. The Balaban J connectivity index is 1.35. The number of aromatic nitrogens is 5. The molecule has 9 heteroatoms. The van der Waals surface area contributed by atoms with Crippen LogP contribution in [-0.2, 0) is 17.9 Å². The number of nitrogens with one attached hydrogen (secondary N) is 1. The number of carbonyl (C=O) groups excluding carboxylic acids is 1. The molecule has 0 aliphatic rings. The van der Waals surface area contributed by atoms with Crippen molar-refractivity contribution < 1.29 is 9.18 Å². The first-order chi connectivity index (χ1) is 16.9. The van der Waals surface area contributed by atoms with Gasteiger partial charge in [0, 0.05) is 28.4 Å². The van der Waals surface area contributed by atoms with Crippen molar-refractivity contribution in [1.82, 2.24) is 24.5 Å². The molecule has 5 rings (SSSR count). The Morgan fingerprint density at radius 1 is 1.03 bits per heavy atom. The number of hydrogen-bond donors (Lipinski definition) is 1. The van der Waals surface area contributed by atoms with Crippen molar-refractivity contribution in [3.8, 4) is 11.1 Å². The minimum Gasteiger partial charge on any atom is -0.308 e. The number of hydrogen-bond acceptors (Lipinski definition) is 4. The lowest BCUT2D eigenvalue weighted by Crippen LogP contribution is -2.20. The van der Waals surface area contributed by atoms with Gasteiger partial charge in [-0.15, -0.1) is 0 Å². The van der Waals surface area contributed by atoms with Crippen molar-refractivity contribution in [3.63, 3.8) is 0 Å². The fraction of sp³-hybridized carbons (Fsp3) is 0.154. The second kappa shape index (κ2) is 9.31. The van der Waals surface area contributed by atoms with E-state index in [4.69, 9.17) is 11.6 Å². The molecule has 3 aromatic heterocycles. The average molecular weight is 489 g/mol. The van der Waals surface area contributed by atoms with E-state index in [1.54, 1.807) is 23.0 Å². The lowest BCUT2D eigenvalue weighted by atomic mass is 10.0. The zero-order chi connectivity index (χ0) is 24.5. The van der Waals surface area contributed by atoms with Crippen LogP contribution in [0.25, 0.3) is 22.2 Å². The topological polar surface area (TPSA) is 77.6 Å². The van der Waals surface area contributed by atoms with E-state index in [2.05, 4.69) is 20.5 Å². The van der Waals surface area contributed by atoms with Gasteiger partial charge in [0.2, 0.25) is 5.91 Å². The van der Waals surface area contributed by atoms with Crippen molar-refractivity contribution in [3.05, 3.63) is 94.7 Å². The van der Waals surface area contributed by atoms with Crippen LogP contribution in [0.4, 0.5) is 10.2 Å². The molecular weight excluding hydrogens is 467 g/mol. The Kier molecular flexibility index (Phi) is 6.05. The number of nitrogens with zero attached hydrogens (tertiary/aromatic N) is 5. The summed E-state index contributed by atoms with van der Waals surface area (Å²) in [5, 5.41) is 13.4. The molecule has 176 valence electrons. The van der Waals surface area contributed by atoms with Gasteiger partial charge in [-0.2, -0.15) is 10.2 Å². The van der Waals surface area contributed by atoms with Crippen LogP contribution < -0.4 is 5.32 Å². The lowest BCUT2D eigenvalue weighted by Gasteiger charge is -2.06. The van der Waals surface area contributed by atoms with Crippen LogP contribution in [-0.4, -0.2) is 30.5 Å². The monoisotopic (exact) mass is 488 g/mol. The number of pyridine rings is 1. The highest BCUT2D eigenvalue weighted by Crippen LogP contribution is 2.30. The van der Waals surface area contributed by atoms with Gasteiger partial charge in [-0.05, 0) is 60.9 Å². The molecule has 1 N–H and O–H groups in total. The molecule has 0 spiro atoms. The van der Waals surface area contributed by atoms with Gasteiger partial charge >= 0.3 is 0 Å². The fourth-order valence-corrected chi connectivity index (χ4v) is 4.33. The molecule has 0 atom stereocenters. The fourth-order valence-electron chi connectivity index (χ4n) is 4.12. The Hall–Kier alpha value is -4.04. The number of anilines is 1. The summed E-state index contributed by atoms with van der Waals surface area (Å²) in [5.74, 6) is -0.105. The second-order valence-electron chi connectivity index (χ2n) is 8.31. The molecule has 1 amide bonds. The van der Waals surface area contributed by atoms with Crippen LogP contribution in [0.5, 0.6) is 0 Å². The Labute approximate surface area is 206 Å². The van der Waals surface area contributed by atoms with Gasteiger partial charge in [-0.3, -0.25) is 9.48 Å². The smallest absolute Gasteiger partial charge is 0.247 e.